The molecule has 5 nitrogen and oxygen atoms in total. The lowest BCUT2D eigenvalue weighted by Crippen LogP contribution is -2.39. The van der Waals surface area contributed by atoms with Gasteiger partial charge in [-0.1, -0.05) is 12.2 Å². The second kappa shape index (κ2) is 6.75. The first-order chi connectivity index (χ1) is 8.83. The zero-order chi connectivity index (χ0) is 12.8. The molecular formula is C13H21NO4. The molecule has 2 atom stereocenters. The number of amides is 1. The monoisotopic (exact) mass is 255 g/mol. The summed E-state index contributed by atoms with van der Waals surface area (Å²) >= 11 is 0. The molecule has 1 N–H and O–H groups in total. The van der Waals surface area contributed by atoms with Gasteiger partial charge in [0.25, 0.3) is 0 Å². The fraction of sp³-hybridized carbons (Fsp3) is 0.769. The molecule has 0 aromatic heterocycles. The molecule has 0 spiro atoms. The predicted octanol–water partition coefficient (Wildman–Crippen LogP) is 1.31. The summed E-state index contributed by atoms with van der Waals surface area (Å²) in [6, 6.07) is 0.181. The number of hydrogen-bond acceptors (Lipinski definition) is 4. The highest BCUT2D eigenvalue weighted by Gasteiger charge is 2.40. The van der Waals surface area contributed by atoms with Gasteiger partial charge in [0.2, 0.25) is 0 Å². The third kappa shape index (κ3) is 3.23. The van der Waals surface area contributed by atoms with E-state index in [2.05, 4.69) is 12.2 Å². The smallest absolute Gasteiger partial charge is 0.410 e. The number of nitrogens with zero attached hydrogens (tertiary/aromatic N) is 1. The van der Waals surface area contributed by atoms with E-state index in [1.807, 2.05) is 0 Å². The maximum atomic E-state index is 11.8. The standard InChI is InChI=1S/C13H21NO4/c15-8-10-17-9-7-14-11-5-3-1-2-4-6-12(11)18-13(14)16/h1-2,11-12,15H,3-10H2/b2-1+/t11-,12-/m0/s1. The van der Waals surface area contributed by atoms with E-state index in [1.54, 1.807) is 4.90 Å². The molecule has 0 unspecified atom stereocenters. The minimum Gasteiger partial charge on any atom is -0.444 e. The summed E-state index contributed by atoms with van der Waals surface area (Å²) < 4.78 is 10.6. The van der Waals surface area contributed by atoms with Gasteiger partial charge in [-0.3, -0.25) is 4.90 Å². The maximum Gasteiger partial charge on any atom is 0.410 e. The lowest BCUT2D eigenvalue weighted by atomic mass is 9.98. The molecule has 102 valence electrons. The van der Waals surface area contributed by atoms with Gasteiger partial charge < -0.3 is 14.6 Å². The highest BCUT2D eigenvalue weighted by atomic mass is 16.6. The normalized spacial score (nSPS) is 29.4. The Hall–Kier alpha value is -1.07. The number of carbonyl (C=O) groups is 1. The minimum atomic E-state index is -0.223. The van der Waals surface area contributed by atoms with E-state index in [9.17, 15) is 4.79 Å². The summed E-state index contributed by atoms with van der Waals surface area (Å²) in [6.45, 7) is 1.33. The Labute approximate surface area is 107 Å². The third-order valence-corrected chi connectivity index (χ3v) is 3.44. The van der Waals surface area contributed by atoms with Crippen LogP contribution in [0.15, 0.2) is 12.2 Å². The Morgan fingerprint density at radius 2 is 2.11 bits per heavy atom. The Morgan fingerprint density at radius 1 is 1.33 bits per heavy atom. The van der Waals surface area contributed by atoms with Crippen molar-refractivity contribution in [1.29, 1.82) is 0 Å². The Bertz CT molecular complexity index is 305. The minimum absolute atomic E-state index is 0.0152. The van der Waals surface area contributed by atoms with E-state index in [0.717, 1.165) is 25.7 Å². The first-order valence-electron chi connectivity index (χ1n) is 6.64. The Morgan fingerprint density at radius 3 is 2.89 bits per heavy atom. The number of aliphatic hydroxyl groups excluding tert-OH is 1. The lowest BCUT2D eigenvalue weighted by Gasteiger charge is -2.25. The zero-order valence-electron chi connectivity index (χ0n) is 10.6. The number of fused-ring (bicyclic) bond motifs is 1. The summed E-state index contributed by atoms with van der Waals surface area (Å²) in [4.78, 5) is 13.6. The average molecular weight is 255 g/mol. The molecule has 0 bridgehead atoms. The number of hydrogen-bond donors (Lipinski definition) is 1. The van der Waals surface area contributed by atoms with Crippen molar-refractivity contribution in [3.63, 3.8) is 0 Å². The number of rotatable bonds is 5. The van der Waals surface area contributed by atoms with E-state index < -0.39 is 0 Å². The summed E-state index contributed by atoms with van der Waals surface area (Å²) in [5, 5.41) is 8.63. The quantitative estimate of drug-likeness (QED) is 0.594. The van der Waals surface area contributed by atoms with Gasteiger partial charge in [0.15, 0.2) is 0 Å². The highest BCUT2D eigenvalue weighted by molar-refractivity contribution is 5.70. The van der Waals surface area contributed by atoms with Crippen molar-refractivity contribution in [3.05, 3.63) is 12.2 Å². The van der Waals surface area contributed by atoms with Crippen LogP contribution in [0.3, 0.4) is 0 Å². The number of carbonyl (C=O) groups excluding carboxylic acids is 1. The molecule has 1 fully saturated rings. The molecule has 1 saturated heterocycles. The van der Waals surface area contributed by atoms with Crippen molar-refractivity contribution < 1.29 is 19.4 Å². The molecule has 5 heteroatoms. The SMILES string of the molecule is O=C1O[C@H]2CC/C=C/CC[C@@H]2N1CCOCCO. The maximum absolute atomic E-state index is 11.8. The van der Waals surface area contributed by atoms with Crippen LogP contribution in [0.1, 0.15) is 25.7 Å². The molecule has 1 amide bonds. The molecular weight excluding hydrogens is 234 g/mol. The molecule has 1 aliphatic heterocycles. The van der Waals surface area contributed by atoms with Gasteiger partial charge >= 0.3 is 6.09 Å². The van der Waals surface area contributed by atoms with Crippen molar-refractivity contribution in [2.24, 2.45) is 0 Å². The van der Waals surface area contributed by atoms with Crippen LogP contribution in [0, 0.1) is 0 Å². The van der Waals surface area contributed by atoms with Crippen LogP contribution in [-0.4, -0.2) is 54.6 Å². The largest absolute Gasteiger partial charge is 0.444 e. The van der Waals surface area contributed by atoms with Crippen LogP contribution in [0.5, 0.6) is 0 Å². The first-order valence-corrected chi connectivity index (χ1v) is 6.64. The highest BCUT2D eigenvalue weighted by Crippen LogP contribution is 2.28. The first kappa shape index (κ1) is 13.4. The van der Waals surface area contributed by atoms with E-state index in [1.165, 1.54) is 0 Å². The lowest BCUT2D eigenvalue weighted by molar-refractivity contribution is 0.0747. The van der Waals surface area contributed by atoms with Gasteiger partial charge in [0.1, 0.15) is 6.10 Å². The van der Waals surface area contributed by atoms with Gasteiger partial charge in [-0.15, -0.1) is 0 Å². The van der Waals surface area contributed by atoms with Crippen molar-refractivity contribution in [3.8, 4) is 0 Å². The molecule has 0 saturated carbocycles. The third-order valence-electron chi connectivity index (χ3n) is 3.44. The van der Waals surface area contributed by atoms with Gasteiger partial charge in [-0.25, -0.2) is 4.79 Å². The fourth-order valence-electron chi connectivity index (χ4n) is 2.55. The fourth-order valence-corrected chi connectivity index (χ4v) is 2.55. The van der Waals surface area contributed by atoms with E-state index >= 15 is 0 Å². The van der Waals surface area contributed by atoms with Gasteiger partial charge in [-0.2, -0.15) is 0 Å². The average Bonchev–Trinajstić information content (AvgIpc) is 2.61. The summed E-state index contributed by atoms with van der Waals surface area (Å²) in [7, 11) is 0. The zero-order valence-corrected chi connectivity index (χ0v) is 10.6. The number of ether oxygens (including phenoxy) is 2. The number of aliphatic hydroxyl groups is 1. The van der Waals surface area contributed by atoms with Gasteiger partial charge in [0.05, 0.1) is 25.9 Å². The molecule has 0 aromatic rings. The second-order valence-electron chi connectivity index (χ2n) is 4.65. The van der Waals surface area contributed by atoms with E-state index in [-0.39, 0.29) is 24.8 Å². The van der Waals surface area contributed by atoms with Crippen molar-refractivity contribution in [1.82, 2.24) is 4.90 Å². The molecule has 18 heavy (non-hydrogen) atoms. The molecule has 0 aromatic carbocycles. The van der Waals surface area contributed by atoms with Gasteiger partial charge in [0, 0.05) is 6.54 Å². The van der Waals surface area contributed by atoms with Crippen molar-refractivity contribution in [2.75, 3.05) is 26.4 Å². The van der Waals surface area contributed by atoms with Crippen LogP contribution in [0.2, 0.25) is 0 Å². The summed E-state index contributed by atoms with van der Waals surface area (Å²) in [5.41, 5.74) is 0. The number of allylic oxidation sites excluding steroid dienone is 2. The second-order valence-corrected chi connectivity index (χ2v) is 4.65. The predicted molar refractivity (Wildman–Crippen MR) is 66.3 cm³/mol. The van der Waals surface area contributed by atoms with Crippen LogP contribution in [0.25, 0.3) is 0 Å². The molecule has 0 radical (unpaired) electrons. The molecule has 2 rings (SSSR count). The Balaban J connectivity index is 1.87. The molecule has 1 aliphatic carbocycles. The molecule has 1 heterocycles. The summed E-state index contributed by atoms with van der Waals surface area (Å²) in [5.74, 6) is 0. The van der Waals surface area contributed by atoms with E-state index in [4.69, 9.17) is 14.6 Å². The summed E-state index contributed by atoms with van der Waals surface area (Å²) in [6.07, 6.45) is 7.97. The topological polar surface area (TPSA) is 59.0 Å². The van der Waals surface area contributed by atoms with Crippen LogP contribution < -0.4 is 0 Å². The van der Waals surface area contributed by atoms with Crippen molar-refractivity contribution >= 4 is 6.09 Å². The van der Waals surface area contributed by atoms with Crippen LogP contribution in [-0.2, 0) is 9.47 Å². The van der Waals surface area contributed by atoms with Crippen LogP contribution in [0.4, 0.5) is 4.79 Å². The van der Waals surface area contributed by atoms with Gasteiger partial charge in [-0.05, 0) is 25.7 Å². The Kier molecular flexibility index (Phi) is 5.01. The molecule has 2 aliphatic rings. The van der Waals surface area contributed by atoms with Crippen LogP contribution >= 0.6 is 0 Å². The van der Waals surface area contributed by atoms with Crippen molar-refractivity contribution in [2.45, 2.75) is 37.8 Å². The van der Waals surface area contributed by atoms with E-state index in [0.29, 0.717) is 19.8 Å².